The third kappa shape index (κ3) is 10.4. The van der Waals surface area contributed by atoms with Gasteiger partial charge in [0.1, 0.15) is 5.82 Å². The van der Waals surface area contributed by atoms with E-state index in [4.69, 9.17) is 16.6 Å². The first-order chi connectivity index (χ1) is 18.7. The topological polar surface area (TPSA) is 46.9 Å². The second-order valence-electron chi connectivity index (χ2n) is 10.6. The lowest BCUT2D eigenvalue weighted by Gasteiger charge is -2.10. The van der Waals surface area contributed by atoms with E-state index in [0.29, 0.717) is 17.1 Å². The van der Waals surface area contributed by atoms with Crippen molar-refractivity contribution in [2.45, 2.75) is 116 Å². The molecule has 2 aromatic carbocycles. The Hall–Kier alpha value is -2.33. The van der Waals surface area contributed by atoms with Crippen molar-refractivity contribution in [3.63, 3.8) is 0 Å². The van der Waals surface area contributed by atoms with E-state index in [9.17, 15) is 4.79 Å². The maximum atomic E-state index is 12.4. The molecular weight excluding hydrogens is 490 g/mol. The lowest BCUT2D eigenvalue weighted by atomic mass is 10.0. The molecule has 3 rings (SSSR count). The number of hydrogen-bond acceptors (Lipinski definition) is 2. The summed E-state index contributed by atoms with van der Waals surface area (Å²) in [5.74, 6) is 0.999. The molecule has 0 fully saturated rings. The van der Waals surface area contributed by atoms with Gasteiger partial charge >= 0.3 is 0 Å². The number of fused-ring (bicyclic) bond motifs is 1. The minimum absolute atomic E-state index is 0.119. The largest absolute Gasteiger partial charge is 0.352 e. The summed E-state index contributed by atoms with van der Waals surface area (Å²) in [6.07, 6.45) is 20.9. The molecule has 0 atom stereocenters. The number of amides is 1. The van der Waals surface area contributed by atoms with Crippen molar-refractivity contribution in [1.29, 1.82) is 0 Å². The average Bonchev–Trinajstić information content (AvgIpc) is 3.28. The van der Waals surface area contributed by atoms with Crippen LogP contribution in [0.3, 0.4) is 0 Å². The summed E-state index contributed by atoms with van der Waals surface area (Å²) in [5, 5.41) is 3.49. The highest BCUT2D eigenvalue weighted by Gasteiger charge is 2.12. The molecule has 38 heavy (non-hydrogen) atoms. The minimum Gasteiger partial charge on any atom is -0.352 e. The number of carbonyl (C=O) groups excluding carboxylic acids is 1. The molecule has 4 nitrogen and oxygen atoms in total. The quantitative estimate of drug-likeness (QED) is 0.146. The summed E-state index contributed by atoms with van der Waals surface area (Å²) < 4.78 is 2.39. The number of nitrogens with one attached hydrogen (secondary N) is 1. The van der Waals surface area contributed by atoms with Gasteiger partial charge in [-0.1, -0.05) is 126 Å². The smallest absolute Gasteiger partial charge is 0.252 e. The van der Waals surface area contributed by atoms with Crippen LogP contribution in [-0.4, -0.2) is 22.0 Å². The number of hydrogen-bond donors (Lipinski definition) is 1. The molecule has 1 heterocycles. The standard InChI is InChI=1S/C33H48ClN3O/c1-2-3-4-5-6-7-8-9-10-11-12-13-14-19-27-37-31-24-18-17-23-30(31)36-32(37)25-20-26-35-33(38)28-21-15-16-22-29(28)34/h15-18,21-24H,2-14,19-20,25-27H2,1H3,(H,35,38). The third-order valence-electron chi connectivity index (χ3n) is 7.45. The average molecular weight is 538 g/mol. The van der Waals surface area contributed by atoms with E-state index in [1.165, 1.54) is 95.4 Å². The molecule has 208 valence electrons. The van der Waals surface area contributed by atoms with Gasteiger partial charge in [0.25, 0.3) is 5.91 Å². The fraction of sp³-hybridized carbons (Fsp3) is 0.576. The molecule has 0 saturated heterocycles. The number of carbonyl (C=O) groups is 1. The monoisotopic (exact) mass is 537 g/mol. The lowest BCUT2D eigenvalue weighted by molar-refractivity contribution is 0.0953. The van der Waals surface area contributed by atoms with E-state index < -0.39 is 0 Å². The number of nitrogens with zero attached hydrogens (tertiary/aromatic N) is 2. The van der Waals surface area contributed by atoms with Crippen LogP contribution in [0.5, 0.6) is 0 Å². The van der Waals surface area contributed by atoms with E-state index in [1.54, 1.807) is 12.1 Å². The van der Waals surface area contributed by atoms with Gasteiger partial charge in [-0.2, -0.15) is 0 Å². The van der Waals surface area contributed by atoms with Gasteiger partial charge in [-0.05, 0) is 37.1 Å². The number of para-hydroxylation sites is 2. The number of unbranched alkanes of at least 4 members (excludes halogenated alkanes) is 13. The molecule has 3 aromatic rings. The first-order valence-electron chi connectivity index (χ1n) is 15.2. The van der Waals surface area contributed by atoms with Crippen LogP contribution in [0.2, 0.25) is 5.02 Å². The highest BCUT2D eigenvalue weighted by Crippen LogP contribution is 2.20. The predicted molar refractivity (Wildman–Crippen MR) is 162 cm³/mol. The highest BCUT2D eigenvalue weighted by molar-refractivity contribution is 6.33. The molecule has 1 N–H and O–H groups in total. The maximum Gasteiger partial charge on any atom is 0.252 e. The second-order valence-corrected chi connectivity index (χ2v) is 11.0. The lowest BCUT2D eigenvalue weighted by Crippen LogP contribution is -2.25. The Morgan fingerprint density at radius 3 is 2.00 bits per heavy atom. The Kier molecular flexibility index (Phi) is 14.3. The molecule has 1 aromatic heterocycles. The van der Waals surface area contributed by atoms with Crippen molar-refractivity contribution in [2.24, 2.45) is 0 Å². The highest BCUT2D eigenvalue weighted by atomic mass is 35.5. The number of imidazole rings is 1. The number of rotatable bonds is 20. The van der Waals surface area contributed by atoms with Crippen LogP contribution in [0.1, 0.15) is 119 Å². The molecular formula is C33H48ClN3O. The normalized spacial score (nSPS) is 11.3. The molecule has 0 spiro atoms. The molecule has 0 radical (unpaired) electrons. The molecule has 5 heteroatoms. The third-order valence-corrected chi connectivity index (χ3v) is 7.78. The fourth-order valence-corrected chi connectivity index (χ4v) is 5.44. The SMILES string of the molecule is CCCCCCCCCCCCCCCCn1c(CCCNC(=O)c2ccccc2Cl)nc2ccccc21. The first kappa shape index (κ1) is 30.2. The van der Waals surface area contributed by atoms with E-state index in [1.807, 2.05) is 12.1 Å². The van der Waals surface area contributed by atoms with E-state index in [2.05, 4.69) is 41.1 Å². The molecule has 0 aliphatic carbocycles. The Morgan fingerprint density at radius 2 is 1.34 bits per heavy atom. The molecule has 1 amide bonds. The Labute approximate surface area is 235 Å². The molecule has 0 saturated carbocycles. The van der Waals surface area contributed by atoms with Crippen LogP contribution in [0.4, 0.5) is 0 Å². The van der Waals surface area contributed by atoms with Crippen LogP contribution in [0.15, 0.2) is 48.5 Å². The van der Waals surface area contributed by atoms with Crippen LogP contribution in [-0.2, 0) is 13.0 Å². The summed E-state index contributed by atoms with van der Waals surface area (Å²) >= 11 is 6.15. The van der Waals surface area contributed by atoms with Gasteiger partial charge in [0.2, 0.25) is 0 Å². The van der Waals surface area contributed by atoms with Crippen LogP contribution < -0.4 is 5.32 Å². The number of benzene rings is 2. The first-order valence-corrected chi connectivity index (χ1v) is 15.6. The Morgan fingerprint density at radius 1 is 0.763 bits per heavy atom. The Bertz CT molecular complexity index is 1080. The van der Waals surface area contributed by atoms with Crippen LogP contribution in [0, 0.1) is 0 Å². The van der Waals surface area contributed by atoms with E-state index >= 15 is 0 Å². The van der Waals surface area contributed by atoms with Gasteiger partial charge in [0.15, 0.2) is 0 Å². The van der Waals surface area contributed by atoms with Crippen molar-refractivity contribution in [3.05, 3.63) is 64.9 Å². The summed E-state index contributed by atoms with van der Waals surface area (Å²) in [6.45, 7) is 3.90. The number of aromatic nitrogens is 2. The van der Waals surface area contributed by atoms with Crippen molar-refractivity contribution in [1.82, 2.24) is 14.9 Å². The van der Waals surface area contributed by atoms with Crippen molar-refractivity contribution < 1.29 is 4.79 Å². The molecule has 0 aliphatic heterocycles. The molecule has 0 unspecified atom stereocenters. The van der Waals surface area contributed by atoms with E-state index in [-0.39, 0.29) is 5.91 Å². The predicted octanol–water partition coefficient (Wildman–Crippen LogP) is 9.53. The summed E-state index contributed by atoms with van der Waals surface area (Å²) in [6, 6.07) is 15.6. The van der Waals surface area contributed by atoms with Gasteiger partial charge in [0, 0.05) is 19.5 Å². The summed E-state index contributed by atoms with van der Waals surface area (Å²) in [5.41, 5.74) is 2.81. The van der Waals surface area contributed by atoms with Gasteiger partial charge < -0.3 is 9.88 Å². The fourth-order valence-electron chi connectivity index (χ4n) is 5.22. The minimum atomic E-state index is -0.119. The molecule has 0 bridgehead atoms. The summed E-state index contributed by atoms with van der Waals surface area (Å²) in [7, 11) is 0. The summed E-state index contributed by atoms with van der Waals surface area (Å²) in [4.78, 5) is 17.3. The van der Waals surface area contributed by atoms with Gasteiger partial charge in [-0.3, -0.25) is 4.79 Å². The van der Waals surface area contributed by atoms with Crippen LogP contribution >= 0.6 is 11.6 Å². The Balaban J connectivity index is 1.32. The van der Waals surface area contributed by atoms with Crippen molar-refractivity contribution in [2.75, 3.05) is 6.54 Å². The zero-order valence-electron chi connectivity index (χ0n) is 23.5. The number of aryl methyl sites for hydroxylation is 2. The zero-order valence-corrected chi connectivity index (χ0v) is 24.3. The van der Waals surface area contributed by atoms with Gasteiger partial charge in [0.05, 0.1) is 21.6 Å². The van der Waals surface area contributed by atoms with Crippen molar-refractivity contribution in [3.8, 4) is 0 Å². The van der Waals surface area contributed by atoms with Gasteiger partial charge in [-0.25, -0.2) is 4.98 Å². The van der Waals surface area contributed by atoms with Crippen LogP contribution in [0.25, 0.3) is 11.0 Å². The second kappa shape index (κ2) is 18.0. The molecule has 0 aliphatic rings. The van der Waals surface area contributed by atoms with Crippen molar-refractivity contribution >= 4 is 28.5 Å². The zero-order chi connectivity index (χ0) is 26.8. The number of halogens is 1. The maximum absolute atomic E-state index is 12.4. The van der Waals surface area contributed by atoms with E-state index in [0.717, 1.165) is 30.7 Å². The van der Waals surface area contributed by atoms with Gasteiger partial charge in [-0.15, -0.1) is 0 Å².